The van der Waals surface area contributed by atoms with Crippen molar-refractivity contribution >= 4 is 5.91 Å². The highest BCUT2D eigenvalue weighted by atomic mass is 16.1. The lowest BCUT2D eigenvalue weighted by molar-refractivity contribution is -0.121. The number of terminal acetylenes is 1. The molecule has 0 atom stereocenters. The number of nitrogens with one attached hydrogen (secondary N) is 1. The highest BCUT2D eigenvalue weighted by Gasteiger charge is 2.38. The van der Waals surface area contributed by atoms with Crippen molar-refractivity contribution in [3.8, 4) is 12.3 Å². The van der Waals surface area contributed by atoms with E-state index < -0.39 is 0 Å². The zero-order valence-corrected chi connectivity index (χ0v) is 13.2. The van der Waals surface area contributed by atoms with Gasteiger partial charge in [-0.3, -0.25) is 4.79 Å². The van der Waals surface area contributed by atoms with Crippen molar-refractivity contribution in [2.24, 2.45) is 17.3 Å². The van der Waals surface area contributed by atoms with Crippen LogP contribution in [0.4, 0.5) is 0 Å². The van der Waals surface area contributed by atoms with Crippen LogP contribution in [0.1, 0.15) is 43.8 Å². The van der Waals surface area contributed by atoms with Crippen LogP contribution in [-0.4, -0.2) is 32.9 Å². The molecule has 0 spiro atoms. The molecule has 1 aromatic heterocycles. The number of amides is 1. The standard InChI is InChI=1S/C15H22N6O/c1-4-5-9-15(19-20-15)10-11-16-14(22)8-6-7-13-18-17-12(2)21(13)3/h1H,5-11H2,2-3H3,(H,16,22). The normalized spacial score (nSPS) is 14.6. The first-order chi connectivity index (χ1) is 10.6. The van der Waals surface area contributed by atoms with E-state index in [1.54, 1.807) is 0 Å². The van der Waals surface area contributed by atoms with Crippen molar-refractivity contribution in [2.45, 2.75) is 51.1 Å². The predicted molar refractivity (Wildman–Crippen MR) is 82.0 cm³/mol. The summed E-state index contributed by atoms with van der Waals surface area (Å²) in [6.07, 6.45) is 9.39. The average molecular weight is 302 g/mol. The molecule has 1 N–H and O–H groups in total. The number of aryl methyl sites for hydroxylation is 2. The minimum absolute atomic E-state index is 0.0478. The predicted octanol–water partition coefficient (Wildman–Crippen LogP) is 1.53. The van der Waals surface area contributed by atoms with Crippen molar-refractivity contribution in [1.82, 2.24) is 20.1 Å². The number of nitrogens with zero attached hydrogens (tertiary/aromatic N) is 5. The first kappa shape index (κ1) is 16.1. The summed E-state index contributed by atoms with van der Waals surface area (Å²) in [5.74, 6) is 4.43. The van der Waals surface area contributed by atoms with E-state index in [-0.39, 0.29) is 11.6 Å². The van der Waals surface area contributed by atoms with E-state index in [9.17, 15) is 4.79 Å². The summed E-state index contributed by atoms with van der Waals surface area (Å²) in [5.41, 5.74) is -0.324. The van der Waals surface area contributed by atoms with Gasteiger partial charge in [-0.25, -0.2) is 0 Å². The highest BCUT2D eigenvalue weighted by molar-refractivity contribution is 5.75. The van der Waals surface area contributed by atoms with Gasteiger partial charge in [-0.1, -0.05) is 0 Å². The Labute approximate surface area is 130 Å². The number of carbonyl (C=O) groups is 1. The minimum Gasteiger partial charge on any atom is -0.356 e. The van der Waals surface area contributed by atoms with E-state index >= 15 is 0 Å². The monoisotopic (exact) mass is 302 g/mol. The van der Waals surface area contributed by atoms with Crippen molar-refractivity contribution in [3.05, 3.63) is 11.6 Å². The van der Waals surface area contributed by atoms with E-state index in [0.29, 0.717) is 19.4 Å². The molecule has 0 saturated carbocycles. The molecule has 2 heterocycles. The third kappa shape index (κ3) is 4.38. The van der Waals surface area contributed by atoms with Gasteiger partial charge >= 0.3 is 0 Å². The maximum Gasteiger partial charge on any atom is 0.220 e. The summed E-state index contributed by atoms with van der Waals surface area (Å²) in [7, 11) is 1.93. The van der Waals surface area contributed by atoms with Gasteiger partial charge in [0.2, 0.25) is 5.91 Å². The van der Waals surface area contributed by atoms with E-state index in [0.717, 1.165) is 37.3 Å². The third-order valence-electron chi connectivity index (χ3n) is 3.89. The fraction of sp³-hybridized carbons (Fsp3) is 0.667. The Bertz CT molecular complexity index is 592. The number of rotatable bonds is 9. The van der Waals surface area contributed by atoms with Crippen LogP contribution in [0.3, 0.4) is 0 Å². The molecule has 0 fully saturated rings. The molecule has 7 nitrogen and oxygen atoms in total. The van der Waals surface area contributed by atoms with Gasteiger partial charge in [-0.05, 0) is 13.3 Å². The lowest BCUT2D eigenvalue weighted by Gasteiger charge is -2.09. The molecule has 1 aliphatic rings. The van der Waals surface area contributed by atoms with Crippen molar-refractivity contribution in [1.29, 1.82) is 0 Å². The van der Waals surface area contributed by atoms with Crippen LogP contribution in [0.25, 0.3) is 0 Å². The largest absolute Gasteiger partial charge is 0.356 e. The van der Waals surface area contributed by atoms with Crippen LogP contribution in [-0.2, 0) is 18.3 Å². The quantitative estimate of drug-likeness (QED) is 0.702. The van der Waals surface area contributed by atoms with Crippen molar-refractivity contribution < 1.29 is 4.79 Å². The lowest BCUT2D eigenvalue weighted by Crippen LogP contribution is -2.28. The fourth-order valence-electron chi connectivity index (χ4n) is 2.23. The molecule has 118 valence electrons. The Kier molecular flexibility index (Phi) is 5.26. The smallest absolute Gasteiger partial charge is 0.220 e. The molecule has 0 radical (unpaired) electrons. The maximum atomic E-state index is 11.8. The summed E-state index contributed by atoms with van der Waals surface area (Å²) < 4.78 is 1.95. The maximum absolute atomic E-state index is 11.8. The SMILES string of the molecule is C#CCCC1(CCNC(=O)CCCc2nnc(C)n2C)N=N1. The molecule has 0 unspecified atom stereocenters. The lowest BCUT2D eigenvalue weighted by atomic mass is 10.0. The average Bonchev–Trinajstić information content (AvgIpc) is 3.20. The molecule has 7 heteroatoms. The molecule has 0 aromatic carbocycles. The molecule has 0 bridgehead atoms. The second kappa shape index (κ2) is 7.16. The molecule has 0 saturated heterocycles. The van der Waals surface area contributed by atoms with Gasteiger partial charge in [0.25, 0.3) is 0 Å². The fourth-order valence-corrected chi connectivity index (χ4v) is 2.23. The number of hydrogen-bond acceptors (Lipinski definition) is 5. The van der Waals surface area contributed by atoms with E-state index in [1.807, 2.05) is 18.5 Å². The van der Waals surface area contributed by atoms with Crippen LogP contribution >= 0.6 is 0 Å². The topological polar surface area (TPSA) is 84.5 Å². The van der Waals surface area contributed by atoms with Gasteiger partial charge in [-0.15, -0.1) is 22.5 Å². The van der Waals surface area contributed by atoms with Crippen LogP contribution in [0.2, 0.25) is 0 Å². The second-order valence-electron chi connectivity index (χ2n) is 5.56. The molecular formula is C15H22N6O. The van der Waals surface area contributed by atoms with Gasteiger partial charge in [0.15, 0.2) is 5.66 Å². The Morgan fingerprint density at radius 2 is 2.14 bits per heavy atom. The first-order valence-electron chi connectivity index (χ1n) is 7.55. The molecular weight excluding hydrogens is 280 g/mol. The summed E-state index contributed by atoms with van der Waals surface area (Å²) in [6.45, 7) is 2.49. The zero-order valence-electron chi connectivity index (χ0n) is 13.2. The molecule has 1 amide bonds. The minimum atomic E-state index is -0.324. The molecule has 22 heavy (non-hydrogen) atoms. The summed E-state index contributed by atoms with van der Waals surface area (Å²) in [4.78, 5) is 11.8. The molecule has 0 aliphatic carbocycles. The summed E-state index contributed by atoms with van der Waals surface area (Å²) in [5, 5.41) is 19.1. The third-order valence-corrected chi connectivity index (χ3v) is 3.89. The number of carbonyl (C=O) groups excluding carboxylic acids is 1. The zero-order chi connectivity index (χ0) is 16.0. The summed E-state index contributed by atoms with van der Waals surface area (Å²) >= 11 is 0. The van der Waals surface area contributed by atoms with Crippen LogP contribution in [0.15, 0.2) is 10.2 Å². The van der Waals surface area contributed by atoms with Gasteiger partial charge in [0.05, 0.1) is 0 Å². The van der Waals surface area contributed by atoms with E-state index in [1.165, 1.54) is 0 Å². The van der Waals surface area contributed by atoms with Gasteiger partial charge in [0, 0.05) is 45.7 Å². The van der Waals surface area contributed by atoms with Crippen LogP contribution in [0, 0.1) is 19.3 Å². The van der Waals surface area contributed by atoms with Gasteiger partial charge in [0.1, 0.15) is 11.6 Å². The Balaban J connectivity index is 1.59. The number of aromatic nitrogens is 3. The molecule has 2 rings (SSSR count). The highest BCUT2D eigenvalue weighted by Crippen LogP contribution is 2.35. The summed E-state index contributed by atoms with van der Waals surface area (Å²) in [6, 6.07) is 0. The Morgan fingerprint density at radius 3 is 2.73 bits per heavy atom. The molecule has 1 aliphatic heterocycles. The van der Waals surface area contributed by atoms with Crippen molar-refractivity contribution in [3.63, 3.8) is 0 Å². The first-order valence-corrected chi connectivity index (χ1v) is 7.55. The van der Waals surface area contributed by atoms with E-state index in [2.05, 4.69) is 31.7 Å². The van der Waals surface area contributed by atoms with Crippen LogP contribution < -0.4 is 5.32 Å². The number of hydrogen-bond donors (Lipinski definition) is 1. The van der Waals surface area contributed by atoms with E-state index in [4.69, 9.17) is 6.42 Å². The molecule has 1 aromatic rings. The van der Waals surface area contributed by atoms with Gasteiger partial charge in [-0.2, -0.15) is 10.2 Å². The van der Waals surface area contributed by atoms with Crippen LogP contribution in [0.5, 0.6) is 0 Å². The Hall–Kier alpha value is -2.23. The Morgan fingerprint density at radius 1 is 1.36 bits per heavy atom. The van der Waals surface area contributed by atoms with Crippen molar-refractivity contribution in [2.75, 3.05) is 6.54 Å². The van der Waals surface area contributed by atoms with Gasteiger partial charge < -0.3 is 9.88 Å². The second-order valence-corrected chi connectivity index (χ2v) is 5.56.